The molecule has 0 atom stereocenters. The Bertz CT molecular complexity index is 1570. The van der Waals surface area contributed by atoms with E-state index in [1.807, 2.05) is 48.6 Å². The standard InChI is InChI=1S/C27H20N4O.2ClH.Fe/c1-32-25-10-2-17(3-11-25)26-15-24-14-22-7-6-20(29-22)12-18-4-5-19(28-18)13-21-8-9-23(30-21)16-27(26)31-24;;;/h2-16,28,31H,1H3;2*1H;/q;;;+2/p-2. The van der Waals surface area contributed by atoms with Crippen molar-refractivity contribution in [2.24, 2.45) is 0 Å². The molecule has 0 radical (unpaired) electrons. The Morgan fingerprint density at radius 2 is 1.11 bits per heavy atom. The molecule has 8 bridgehead atoms. The smallest absolute Gasteiger partial charge is 1.00 e. The van der Waals surface area contributed by atoms with E-state index in [1.165, 1.54) is 0 Å². The van der Waals surface area contributed by atoms with Gasteiger partial charge in [-0.1, -0.05) is 12.1 Å². The Hall–Kier alpha value is -3.28. The van der Waals surface area contributed by atoms with Crippen LogP contribution < -0.4 is 29.6 Å². The van der Waals surface area contributed by atoms with Gasteiger partial charge in [0.05, 0.1) is 29.9 Å². The summed E-state index contributed by atoms with van der Waals surface area (Å²) in [6.45, 7) is 0. The average molecular weight is 543 g/mol. The summed E-state index contributed by atoms with van der Waals surface area (Å²) >= 11 is 0. The molecule has 176 valence electrons. The van der Waals surface area contributed by atoms with Crippen molar-refractivity contribution in [3.8, 4) is 16.9 Å². The number of fused-ring (bicyclic) bond motifs is 8. The predicted molar refractivity (Wildman–Crippen MR) is 131 cm³/mol. The zero-order valence-corrected chi connectivity index (χ0v) is 21.2. The van der Waals surface area contributed by atoms with Crippen molar-refractivity contribution in [3.63, 3.8) is 0 Å². The maximum atomic E-state index is 5.32. The third kappa shape index (κ3) is 5.53. The third-order valence-corrected chi connectivity index (χ3v) is 5.57. The number of rotatable bonds is 2. The van der Waals surface area contributed by atoms with E-state index < -0.39 is 0 Å². The molecule has 6 rings (SSSR count). The second kappa shape index (κ2) is 11.0. The van der Waals surface area contributed by atoms with Crippen molar-refractivity contribution in [1.29, 1.82) is 0 Å². The van der Waals surface area contributed by atoms with Crippen LogP contribution in [-0.2, 0) is 17.1 Å². The van der Waals surface area contributed by atoms with Crippen molar-refractivity contribution in [2.75, 3.05) is 7.11 Å². The van der Waals surface area contributed by atoms with E-state index >= 15 is 0 Å². The van der Waals surface area contributed by atoms with Gasteiger partial charge in [-0.3, -0.25) is 0 Å². The van der Waals surface area contributed by atoms with Gasteiger partial charge in [0, 0.05) is 27.6 Å². The molecule has 5 nitrogen and oxygen atoms in total. The molecule has 0 saturated heterocycles. The molecule has 4 aromatic rings. The number of nitrogens with zero attached hydrogens (tertiary/aromatic N) is 2. The number of aromatic nitrogens is 4. The fraction of sp³-hybridized carbons (Fsp3) is 0.0370. The number of methoxy groups -OCH3 is 1. The van der Waals surface area contributed by atoms with E-state index in [2.05, 4.69) is 52.4 Å². The van der Waals surface area contributed by atoms with E-state index in [0.29, 0.717) is 0 Å². The summed E-state index contributed by atoms with van der Waals surface area (Å²) in [6.07, 6.45) is 8.12. The first-order chi connectivity index (χ1) is 15.7. The normalized spacial score (nSPS) is 11.2. The summed E-state index contributed by atoms with van der Waals surface area (Å²) < 4.78 is 5.32. The minimum atomic E-state index is 0. The van der Waals surface area contributed by atoms with E-state index in [0.717, 1.165) is 61.7 Å². The first-order valence-electron chi connectivity index (χ1n) is 10.4. The number of hydrogen-bond donors (Lipinski definition) is 2. The Balaban J connectivity index is 0.00000114. The molecule has 0 spiro atoms. The third-order valence-electron chi connectivity index (χ3n) is 5.57. The largest absolute Gasteiger partial charge is 2.00 e. The topological polar surface area (TPSA) is 66.6 Å². The fourth-order valence-electron chi connectivity index (χ4n) is 4.03. The maximum absolute atomic E-state index is 5.32. The molecule has 35 heavy (non-hydrogen) atoms. The van der Waals surface area contributed by atoms with Gasteiger partial charge in [0.15, 0.2) is 0 Å². The zero-order valence-electron chi connectivity index (χ0n) is 18.6. The van der Waals surface area contributed by atoms with Crippen molar-refractivity contribution >= 4 is 46.4 Å². The molecule has 0 unspecified atom stereocenters. The number of hydrogen-bond acceptors (Lipinski definition) is 3. The molecule has 2 aliphatic heterocycles. The average Bonchev–Trinajstić information content (AvgIpc) is 3.59. The van der Waals surface area contributed by atoms with Crippen LogP contribution in [0.5, 0.6) is 5.75 Å². The van der Waals surface area contributed by atoms with E-state index in [4.69, 9.17) is 14.7 Å². The summed E-state index contributed by atoms with van der Waals surface area (Å²) in [7, 11) is 1.68. The molecular weight excluding hydrogens is 523 g/mol. The second-order valence-electron chi connectivity index (χ2n) is 7.82. The van der Waals surface area contributed by atoms with Gasteiger partial charge >= 0.3 is 17.1 Å². The Morgan fingerprint density at radius 3 is 1.66 bits per heavy atom. The van der Waals surface area contributed by atoms with Gasteiger partial charge in [0.1, 0.15) is 5.75 Å². The quantitative estimate of drug-likeness (QED) is 0.310. The zero-order chi connectivity index (χ0) is 21.5. The van der Waals surface area contributed by atoms with Crippen LogP contribution in [0.2, 0.25) is 0 Å². The molecule has 0 saturated carbocycles. The van der Waals surface area contributed by atoms with Crippen molar-refractivity contribution in [3.05, 3.63) is 89.5 Å². The number of aromatic amines is 2. The van der Waals surface area contributed by atoms with Crippen molar-refractivity contribution in [2.45, 2.75) is 0 Å². The van der Waals surface area contributed by atoms with Crippen LogP contribution in [0, 0.1) is 0 Å². The maximum Gasteiger partial charge on any atom is 2.00 e. The van der Waals surface area contributed by atoms with Gasteiger partial charge < -0.3 is 39.5 Å². The van der Waals surface area contributed by atoms with Gasteiger partial charge in [0.25, 0.3) is 0 Å². The van der Waals surface area contributed by atoms with E-state index in [-0.39, 0.29) is 41.9 Å². The molecule has 1 aromatic carbocycles. The number of halogens is 2. The molecular formula is C27H20Cl2FeN4O. The van der Waals surface area contributed by atoms with Crippen LogP contribution >= 0.6 is 0 Å². The van der Waals surface area contributed by atoms with Gasteiger partial charge in [-0.05, 0) is 84.5 Å². The Kier molecular flexibility index (Phi) is 8.26. The summed E-state index contributed by atoms with van der Waals surface area (Å²) in [4.78, 5) is 16.5. The van der Waals surface area contributed by atoms with Gasteiger partial charge in [-0.15, -0.1) is 0 Å². The Labute approximate surface area is 225 Å². The number of ether oxygens (including phenoxy) is 1. The monoisotopic (exact) mass is 542 g/mol. The molecule has 2 N–H and O–H groups in total. The van der Waals surface area contributed by atoms with Gasteiger partial charge in [-0.25, -0.2) is 9.97 Å². The molecule has 0 aliphatic carbocycles. The van der Waals surface area contributed by atoms with Crippen LogP contribution in [-0.4, -0.2) is 27.0 Å². The summed E-state index contributed by atoms with van der Waals surface area (Å²) in [5.41, 5.74) is 9.84. The van der Waals surface area contributed by atoms with Crippen LogP contribution in [0.4, 0.5) is 0 Å². The summed E-state index contributed by atoms with van der Waals surface area (Å²) in [6, 6.07) is 22.6. The van der Waals surface area contributed by atoms with Gasteiger partial charge in [-0.2, -0.15) is 0 Å². The Morgan fingerprint density at radius 1 is 0.600 bits per heavy atom. The fourth-order valence-corrected chi connectivity index (χ4v) is 4.03. The molecule has 3 aromatic heterocycles. The van der Waals surface area contributed by atoms with Crippen LogP contribution in [0.15, 0.2) is 66.7 Å². The first kappa shape index (κ1) is 26.3. The molecule has 8 heteroatoms. The van der Waals surface area contributed by atoms with E-state index in [9.17, 15) is 0 Å². The summed E-state index contributed by atoms with van der Waals surface area (Å²) in [5.74, 6) is 0.835. The first-order valence-corrected chi connectivity index (χ1v) is 10.4. The SMILES string of the molecule is COc1ccc(-c2cc3cc4nc(cc5ccc(cc6nc(cc2[nH]3)C=C6)[nH]5)C=C4)cc1.[Cl-].[Cl-].[Fe+2]. The molecule has 2 aliphatic rings. The van der Waals surface area contributed by atoms with Gasteiger partial charge in [0.2, 0.25) is 0 Å². The van der Waals surface area contributed by atoms with E-state index in [1.54, 1.807) is 7.11 Å². The minimum absolute atomic E-state index is 0. The van der Waals surface area contributed by atoms with Crippen LogP contribution in [0.3, 0.4) is 0 Å². The minimum Gasteiger partial charge on any atom is -1.00 e. The van der Waals surface area contributed by atoms with Crippen molar-refractivity contribution in [1.82, 2.24) is 19.9 Å². The molecule has 5 heterocycles. The predicted octanol–water partition coefficient (Wildman–Crippen LogP) is 0.337. The number of benzene rings is 1. The summed E-state index contributed by atoms with van der Waals surface area (Å²) in [5, 5.41) is 0. The molecule has 0 fully saturated rings. The second-order valence-corrected chi connectivity index (χ2v) is 7.82. The van der Waals surface area contributed by atoms with Crippen LogP contribution in [0.25, 0.3) is 57.5 Å². The molecule has 0 amide bonds. The van der Waals surface area contributed by atoms with Crippen molar-refractivity contribution < 1.29 is 46.6 Å². The number of nitrogens with one attached hydrogen (secondary N) is 2. The number of H-pyrrole nitrogens is 2. The van der Waals surface area contributed by atoms with Crippen LogP contribution in [0.1, 0.15) is 22.8 Å².